The van der Waals surface area contributed by atoms with E-state index in [-0.39, 0.29) is 24.7 Å². The Morgan fingerprint density at radius 3 is 2.43 bits per heavy atom. The molecule has 6 heteroatoms. The van der Waals surface area contributed by atoms with Gasteiger partial charge < -0.3 is 5.73 Å². The van der Waals surface area contributed by atoms with Crippen LogP contribution < -0.4 is 10.5 Å². The fourth-order valence-corrected chi connectivity index (χ4v) is 4.11. The first-order chi connectivity index (χ1) is 9.16. The number of sulfonamides is 1. The summed E-state index contributed by atoms with van der Waals surface area (Å²) in [6.45, 7) is 8.22. The Labute approximate surface area is 135 Å². The molecule has 1 unspecified atom stereocenters. The molecule has 0 aromatic heterocycles. The van der Waals surface area contributed by atoms with Crippen molar-refractivity contribution in [2.24, 2.45) is 11.7 Å². The van der Waals surface area contributed by atoms with E-state index in [2.05, 4.69) is 18.6 Å². The highest BCUT2D eigenvalue weighted by molar-refractivity contribution is 7.88. The zero-order valence-corrected chi connectivity index (χ0v) is 14.9. The molecule has 0 amide bonds. The van der Waals surface area contributed by atoms with Crippen molar-refractivity contribution < 1.29 is 8.42 Å². The van der Waals surface area contributed by atoms with E-state index in [9.17, 15) is 8.42 Å². The third-order valence-electron chi connectivity index (χ3n) is 3.15. The predicted molar refractivity (Wildman–Crippen MR) is 91.1 cm³/mol. The van der Waals surface area contributed by atoms with Crippen LogP contribution in [0.3, 0.4) is 0 Å². The van der Waals surface area contributed by atoms with Gasteiger partial charge in [0, 0.05) is 12.1 Å². The Hall–Kier alpha value is -0.620. The maximum atomic E-state index is 12.3. The molecule has 0 aliphatic rings. The van der Waals surface area contributed by atoms with E-state index in [1.807, 2.05) is 38.1 Å². The van der Waals surface area contributed by atoms with Crippen molar-refractivity contribution in [2.75, 3.05) is 6.54 Å². The zero-order valence-electron chi connectivity index (χ0n) is 13.2. The minimum Gasteiger partial charge on any atom is -0.329 e. The number of nitrogens with two attached hydrogens (primary N) is 1. The third-order valence-corrected chi connectivity index (χ3v) is 4.67. The van der Waals surface area contributed by atoms with E-state index in [1.165, 1.54) is 0 Å². The largest absolute Gasteiger partial charge is 0.329 e. The molecule has 0 radical (unpaired) electrons. The van der Waals surface area contributed by atoms with Crippen LogP contribution in [0.2, 0.25) is 0 Å². The van der Waals surface area contributed by atoms with Gasteiger partial charge in [-0.3, -0.25) is 0 Å². The number of hydrogen-bond donors (Lipinski definition) is 2. The van der Waals surface area contributed by atoms with Gasteiger partial charge in [0.1, 0.15) is 0 Å². The molecule has 0 aliphatic carbocycles. The molecule has 0 spiro atoms. The van der Waals surface area contributed by atoms with E-state index < -0.39 is 15.6 Å². The Morgan fingerprint density at radius 2 is 1.95 bits per heavy atom. The lowest BCUT2D eigenvalue weighted by Gasteiger charge is -2.30. The van der Waals surface area contributed by atoms with Crippen LogP contribution in [0.5, 0.6) is 0 Å². The normalized spacial score (nSPS) is 14.6. The minimum absolute atomic E-state index is 0. The molecule has 0 saturated heterocycles. The van der Waals surface area contributed by atoms with Gasteiger partial charge in [-0.2, -0.15) is 0 Å². The number of nitrogens with one attached hydrogen (secondary N) is 1. The molecule has 0 bridgehead atoms. The summed E-state index contributed by atoms with van der Waals surface area (Å²) in [5, 5.41) is 0. The summed E-state index contributed by atoms with van der Waals surface area (Å²) in [4.78, 5) is 0. The Morgan fingerprint density at radius 1 is 1.33 bits per heavy atom. The van der Waals surface area contributed by atoms with Crippen molar-refractivity contribution in [3.63, 3.8) is 0 Å². The van der Waals surface area contributed by atoms with Crippen LogP contribution in [0.4, 0.5) is 0 Å². The second kappa shape index (κ2) is 8.13. The lowest BCUT2D eigenvalue weighted by molar-refractivity contribution is 0.344. The van der Waals surface area contributed by atoms with Gasteiger partial charge in [-0.25, -0.2) is 13.1 Å². The SMILES string of the molecule is Cc1cccc(CS(=O)(=O)NC(C)(CN)CC(C)C)c1.Cl. The smallest absolute Gasteiger partial charge is 0.216 e. The summed E-state index contributed by atoms with van der Waals surface area (Å²) in [7, 11) is -3.40. The summed E-state index contributed by atoms with van der Waals surface area (Å²) in [5.74, 6) is 0.368. The van der Waals surface area contributed by atoms with Crippen molar-refractivity contribution in [1.29, 1.82) is 0 Å². The van der Waals surface area contributed by atoms with E-state index in [0.717, 1.165) is 17.5 Å². The molecular weight excluding hydrogens is 308 g/mol. The molecule has 1 aromatic rings. The van der Waals surface area contributed by atoms with Gasteiger partial charge in [-0.05, 0) is 31.7 Å². The molecule has 21 heavy (non-hydrogen) atoms. The van der Waals surface area contributed by atoms with Crippen molar-refractivity contribution in [3.05, 3.63) is 35.4 Å². The van der Waals surface area contributed by atoms with E-state index in [0.29, 0.717) is 5.92 Å². The van der Waals surface area contributed by atoms with Gasteiger partial charge in [-0.15, -0.1) is 12.4 Å². The lowest BCUT2D eigenvalue weighted by atomic mass is 9.92. The standard InChI is InChI=1S/C15H26N2O2S.ClH/c1-12(2)9-15(4,11-16)17-20(18,19)10-14-7-5-6-13(3)8-14;/h5-8,12,17H,9-11,16H2,1-4H3;1H. The fraction of sp³-hybridized carbons (Fsp3) is 0.600. The molecule has 4 nitrogen and oxygen atoms in total. The lowest BCUT2D eigenvalue weighted by Crippen LogP contribution is -2.52. The monoisotopic (exact) mass is 334 g/mol. The molecule has 1 atom stereocenters. The highest BCUT2D eigenvalue weighted by Crippen LogP contribution is 2.18. The van der Waals surface area contributed by atoms with Crippen molar-refractivity contribution in [1.82, 2.24) is 4.72 Å². The van der Waals surface area contributed by atoms with Crippen LogP contribution in [0.15, 0.2) is 24.3 Å². The first-order valence-corrected chi connectivity index (χ1v) is 8.58. The van der Waals surface area contributed by atoms with E-state index in [4.69, 9.17) is 5.73 Å². The maximum absolute atomic E-state index is 12.3. The molecule has 1 aromatic carbocycles. The first kappa shape index (κ1) is 20.4. The fourth-order valence-electron chi connectivity index (χ4n) is 2.50. The van der Waals surface area contributed by atoms with Gasteiger partial charge in [0.25, 0.3) is 0 Å². The highest BCUT2D eigenvalue weighted by Gasteiger charge is 2.29. The average molecular weight is 335 g/mol. The van der Waals surface area contributed by atoms with Crippen LogP contribution in [-0.2, 0) is 15.8 Å². The van der Waals surface area contributed by atoms with Gasteiger partial charge in [0.05, 0.1) is 5.75 Å². The number of benzene rings is 1. The van der Waals surface area contributed by atoms with Crippen LogP contribution in [0.1, 0.15) is 38.3 Å². The van der Waals surface area contributed by atoms with Crippen molar-refractivity contribution in [2.45, 2.75) is 45.4 Å². The third kappa shape index (κ3) is 7.27. The molecule has 0 heterocycles. The Balaban J connectivity index is 0.00000400. The zero-order chi connectivity index (χ0) is 15.4. The number of hydrogen-bond acceptors (Lipinski definition) is 3. The molecule has 0 aliphatic heterocycles. The minimum atomic E-state index is -3.40. The number of aryl methyl sites for hydroxylation is 1. The summed E-state index contributed by atoms with van der Waals surface area (Å²) >= 11 is 0. The summed E-state index contributed by atoms with van der Waals surface area (Å²) in [5.41, 5.74) is 7.02. The van der Waals surface area contributed by atoms with Crippen LogP contribution in [0, 0.1) is 12.8 Å². The Bertz CT molecular complexity index is 546. The highest BCUT2D eigenvalue weighted by atomic mass is 35.5. The molecule has 3 N–H and O–H groups in total. The summed E-state index contributed by atoms with van der Waals surface area (Å²) < 4.78 is 27.4. The predicted octanol–water partition coefficient (Wildman–Crippen LogP) is 2.60. The quantitative estimate of drug-likeness (QED) is 0.805. The van der Waals surface area contributed by atoms with Gasteiger partial charge >= 0.3 is 0 Å². The molecule has 0 saturated carbocycles. The average Bonchev–Trinajstić information content (AvgIpc) is 2.26. The van der Waals surface area contributed by atoms with Crippen LogP contribution in [0.25, 0.3) is 0 Å². The van der Waals surface area contributed by atoms with Crippen LogP contribution >= 0.6 is 12.4 Å². The molecular formula is C15H27ClN2O2S. The molecule has 0 fully saturated rings. The van der Waals surface area contributed by atoms with E-state index >= 15 is 0 Å². The summed E-state index contributed by atoms with van der Waals surface area (Å²) in [6.07, 6.45) is 0.719. The Kier molecular flexibility index (Phi) is 7.89. The van der Waals surface area contributed by atoms with Crippen molar-refractivity contribution in [3.8, 4) is 0 Å². The van der Waals surface area contributed by atoms with Gasteiger partial charge in [0.15, 0.2) is 0 Å². The maximum Gasteiger partial charge on any atom is 0.216 e. The van der Waals surface area contributed by atoms with Gasteiger partial charge in [0.2, 0.25) is 10.0 Å². The first-order valence-electron chi connectivity index (χ1n) is 6.93. The number of halogens is 1. The topological polar surface area (TPSA) is 72.2 Å². The molecule has 1 rings (SSSR count). The second-order valence-corrected chi connectivity index (χ2v) is 7.94. The second-order valence-electron chi connectivity index (χ2n) is 6.21. The van der Waals surface area contributed by atoms with Gasteiger partial charge in [-0.1, -0.05) is 43.7 Å². The number of rotatable bonds is 7. The molecule has 122 valence electrons. The van der Waals surface area contributed by atoms with E-state index in [1.54, 1.807) is 0 Å². The van der Waals surface area contributed by atoms with Crippen LogP contribution in [-0.4, -0.2) is 20.5 Å². The van der Waals surface area contributed by atoms with Crippen molar-refractivity contribution >= 4 is 22.4 Å². The summed E-state index contributed by atoms with van der Waals surface area (Å²) in [6, 6.07) is 7.54.